The van der Waals surface area contributed by atoms with Crippen molar-refractivity contribution in [3.05, 3.63) is 29.5 Å². The minimum atomic E-state index is 0.258. The predicted octanol–water partition coefficient (Wildman–Crippen LogP) is 2.49. The molecule has 0 atom stereocenters. The van der Waals surface area contributed by atoms with Gasteiger partial charge in [0.1, 0.15) is 0 Å². The number of fused-ring (bicyclic) bond motifs is 1. The van der Waals surface area contributed by atoms with Crippen LogP contribution >= 0.6 is 0 Å². The lowest BCUT2D eigenvalue weighted by atomic mass is 10.1. The highest BCUT2D eigenvalue weighted by molar-refractivity contribution is 5.88. The number of hydrogen-bond acceptors (Lipinski definition) is 1. The second-order valence-corrected chi connectivity index (χ2v) is 3.16. The number of benzene rings is 1. The number of hydrogen-bond donors (Lipinski definition) is 2. The Labute approximate surface area is 70.8 Å². The van der Waals surface area contributed by atoms with Gasteiger partial charge in [0.2, 0.25) is 0 Å². The Balaban J connectivity index is 2.87. The first kappa shape index (κ1) is 7.22. The zero-order valence-electron chi connectivity index (χ0n) is 7.18. The lowest BCUT2D eigenvalue weighted by molar-refractivity contribution is 0.462. The number of aromatic amines is 1. The van der Waals surface area contributed by atoms with Gasteiger partial charge in [-0.1, -0.05) is 0 Å². The molecule has 1 aromatic heterocycles. The van der Waals surface area contributed by atoms with E-state index in [2.05, 4.69) is 18.0 Å². The highest BCUT2D eigenvalue weighted by Gasteiger charge is 2.02. The van der Waals surface area contributed by atoms with Crippen LogP contribution in [0.15, 0.2) is 18.3 Å². The maximum atomic E-state index is 9.37. The van der Waals surface area contributed by atoms with Crippen LogP contribution in [-0.2, 0) is 0 Å². The van der Waals surface area contributed by atoms with Gasteiger partial charge in [0, 0.05) is 17.0 Å². The van der Waals surface area contributed by atoms with Crippen molar-refractivity contribution in [1.29, 1.82) is 0 Å². The molecule has 0 amide bonds. The van der Waals surface area contributed by atoms with Gasteiger partial charge < -0.3 is 10.1 Å². The molecule has 2 nitrogen and oxygen atoms in total. The fourth-order valence-corrected chi connectivity index (χ4v) is 1.39. The highest BCUT2D eigenvalue weighted by atomic mass is 16.3. The topological polar surface area (TPSA) is 36.0 Å². The van der Waals surface area contributed by atoms with Crippen LogP contribution < -0.4 is 0 Å². The summed E-state index contributed by atoms with van der Waals surface area (Å²) in [6.45, 7) is 4.11. The van der Waals surface area contributed by atoms with Crippen LogP contribution in [-0.4, -0.2) is 10.1 Å². The van der Waals surface area contributed by atoms with Crippen molar-refractivity contribution in [3.8, 4) is 5.88 Å². The number of H-pyrrole nitrogens is 1. The fourth-order valence-electron chi connectivity index (χ4n) is 1.39. The second kappa shape index (κ2) is 2.27. The number of rotatable bonds is 0. The molecule has 62 valence electrons. The Kier molecular flexibility index (Phi) is 1.37. The summed E-state index contributed by atoms with van der Waals surface area (Å²) in [4.78, 5) is 2.79. The van der Waals surface area contributed by atoms with Gasteiger partial charge in [-0.05, 0) is 37.1 Å². The molecular weight excluding hydrogens is 150 g/mol. The normalized spacial score (nSPS) is 10.8. The number of aromatic hydroxyl groups is 1. The molecule has 0 aliphatic rings. The smallest absolute Gasteiger partial charge is 0.196 e. The van der Waals surface area contributed by atoms with E-state index in [1.807, 2.05) is 19.2 Å². The van der Waals surface area contributed by atoms with Crippen molar-refractivity contribution in [2.45, 2.75) is 13.8 Å². The highest BCUT2D eigenvalue weighted by Crippen LogP contribution is 2.26. The average Bonchev–Trinajstić information content (AvgIpc) is 2.35. The van der Waals surface area contributed by atoms with Gasteiger partial charge in [0.25, 0.3) is 0 Å². The van der Waals surface area contributed by atoms with Crippen LogP contribution in [0, 0.1) is 13.8 Å². The monoisotopic (exact) mass is 161 g/mol. The molecule has 2 N–H and O–H groups in total. The molecule has 2 aromatic rings. The Morgan fingerprint density at radius 3 is 2.58 bits per heavy atom. The molecule has 12 heavy (non-hydrogen) atoms. The number of nitrogens with one attached hydrogen (secondary N) is 1. The Hall–Kier alpha value is -1.44. The van der Waals surface area contributed by atoms with Crippen LogP contribution in [0.5, 0.6) is 5.88 Å². The lowest BCUT2D eigenvalue weighted by Crippen LogP contribution is -1.78. The van der Waals surface area contributed by atoms with E-state index in [1.165, 1.54) is 11.1 Å². The molecule has 0 fully saturated rings. The molecule has 0 spiro atoms. The van der Waals surface area contributed by atoms with E-state index in [0.29, 0.717) is 0 Å². The molecular formula is C10H11NO. The molecule has 0 aliphatic carbocycles. The zero-order valence-corrected chi connectivity index (χ0v) is 7.18. The summed E-state index contributed by atoms with van der Waals surface area (Å²) in [5.41, 5.74) is 2.46. The van der Waals surface area contributed by atoms with Crippen LogP contribution in [0.1, 0.15) is 11.1 Å². The summed E-state index contributed by atoms with van der Waals surface area (Å²) in [5.74, 6) is 0.258. The van der Waals surface area contributed by atoms with Gasteiger partial charge in [0.05, 0.1) is 0 Å². The Morgan fingerprint density at radius 1 is 1.17 bits per heavy atom. The molecule has 0 radical (unpaired) electrons. The van der Waals surface area contributed by atoms with E-state index in [0.717, 1.165) is 10.8 Å². The summed E-state index contributed by atoms with van der Waals surface area (Å²) in [5, 5.41) is 11.3. The van der Waals surface area contributed by atoms with E-state index in [-0.39, 0.29) is 5.88 Å². The van der Waals surface area contributed by atoms with E-state index >= 15 is 0 Å². The first-order chi connectivity index (χ1) is 5.68. The largest absolute Gasteiger partial charge is 0.494 e. The molecule has 0 saturated carbocycles. The molecule has 2 heteroatoms. The summed E-state index contributed by atoms with van der Waals surface area (Å²) >= 11 is 0. The van der Waals surface area contributed by atoms with E-state index in [1.54, 1.807) is 0 Å². The van der Waals surface area contributed by atoms with Gasteiger partial charge in [-0.25, -0.2) is 0 Å². The number of aromatic nitrogens is 1. The standard InChI is InChI=1S/C10H11NO/c1-6-3-8-5-11-10(12)9(8)4-7(6)2/h3-5,11-12H,1-2H3. The first-order valence-electron chi connectivity index (χ1n) is 3.96. The Morgan fingerprint density at radius 2 is 1.83 bits per heavy atom. The van der Waals surface area contributed by atoms with Crippen molar-refractivity contribution in [2.24, 2.45) is 0 Å². The molecule has 2 rings (SSSR count). The van der Waals surface area contributed by atoms with Crippen molar-refractivity contribution in [1.82, 2.24) is 4.98 Å². The van der Waals surface area contributed by atoms with Crippen LogP contribution in [0.4, 0.5) is 0 Å². The summed E-state index contributed by atoms with van der Waals surface area (Å²) < 4.78 is 0. The predicted molar refractivity (Wildman–Crippen MR) is 49.4 cm³/mol. The summed E-state index contributed by atoms with van der Waals surface area (Å²) in [7, 11) is 0. The van der Waals surface area contributed by atoms with E-state index < -0.39 is 0 Å². The Bertz CT molecular complexity index is 429. The van der Waals surface area contributed by atoms with E-state index in [9.17, 15) is 5.11 Å². The molecule has 1 heterocycles. The second-order valence-electron chi connectivity index (χ2n) is 3.16. The molecule has 0 saturated heterocycles. The van der Waals surface area contributed by atoms with Crippen molar-refractivity contribution >= 4 is 10.8 Å². The van der Waals surface area contributed by atoms with Crippen molar-refractivity contribution < 1.29 is 5.11 Å². The molecule has 0 bridgehead atoms. The van der Waals surface area contributed by atoms with Gasteiger partial charge in [-0.2, -0.15) is 0 Å². The fraction of sp³-hybridized carbons (Fsp3) is 0.200. The zero-order chi connectivity index (χ0) is 8.72. The van der Waals surface area contributed by atoms with E-state index in [4.69, 9.17) is 0 Å². The van der Waals surface area contributed by atoms with Crippen LogP contribution in [0.25, 0.3) is 10.8 Å². The lowest BCUT2D eigenvalue weighted by Gasteiger charge is -1.98. The summed E-state index contributed by atoms with van der Waals surface area (Å²) in [6.07, 6.45) is 1.82. The molecule has 0 unspecified atom stereocenters. The SMILES string of the molecule is Cc1cc2c[nH]c(O)c2cc1C. The van der Waals surface area contributed by atoms with Crippen LogP contribution in [0.3, 0.4) is 0 Å². The molecule has 0 aliphatic heterocycles. The maximum absolute atomic E-state index is 9.37. The summed E-state index contributed by atoms with van der Waals surface area (Å²) in [6, 6.07) is 4.07. The van der Waals surface area contributed by atoms with Gasteiger partial charge in [-0.15, -0.1) is 0 Å². The average molecular weight is 161 g/mol. The third kappa shape index (κ3) is 0.881. The van der Waals surface area contributed by atoms with Crippen LogP contribution in [0.2, 0.25) is 0 Å². The van der Waals surface area contributed by atoms with Gasteiger partial charge in [0.15, 0.2) is 5.88 Å². The minimum absolute atomic E-state index is 0.258. The maximum Gasteiger partial charge on any atom is 0.196 e. The van der Waals surface area contributed by atoms with Crippen molar-refractivity contribution in [2.75, 3.05) is 0 Å². The quantitative estimate of drug-likeness (QED) is 0.611. The third-order valence-corrected chi connectivity index (χ3v) is 2.29. The van der Waals surface area contributed by atoms with Crippen molar-refractivity contribution in [3.63, 3.8) is 0 Å². The number of aryl methyl sites for hydroxylation is 2. The van der Waals surface area contributed by atoms with Gasteiger partial charge >= 0.3 is 0 Å². The third-order valence-electron chi connectivity index (χ3n) is 2.29. The van der Waals surface area contributed by atoms with Gasteiger partial charge in [-0.3, -0.25) is 0 Å². The molecule has 1 aromatic carbocycles. The first-order valence-corrected chi connectivity index (χ1v) is 3.96. The minimum Gasteiger partial charge on any atom is -0.494 e.